The van der Waals surface area contributed by atoms with Gasteiger partial charge in [-0.05, 0) is 24.3 Å². The lowest BCUT2D eigenvalue weighted by molar-refractivity contribution is -0.143. The summed E-state index contributed by atoms with van der Waals surface area (Å²) >= 11 is 0. The number of carboxylic acid groups (broad SMARTS) is 1. The zero-order valence-corrected chi connectivity index (χ0v) is 10.9. The van der Waals surface area contributed by atoms with Crippen molar-refractivity contribution in [2.45, 2.75) is 0 Å². The van der Waals surface area contributed by atoms with Crippen molar-refractivity contribution in [1.82, 2.24) is 9.55 Å². The first-order valence-electron chi connectivity index (χ1n) is 6.02. The molecule has 0 aliphatic carbocycles. The lowest BCUT2D eigenvalue weighted by atomic mass is 10.2. The van der Waals surface area contributed by atoms with E-state index in [-0.39, 0.29) is 12.3 Å². The highest BCUT2D eigenvalue weighted by Crippen LogP contribution is 2.11. The highest BCUT2D eigenvalue weighted by atomic mass is 16.5. The van der Waals surface area contributed by atoms with E-state index in [4.69, 9.17) is 5.11 Å². The van der Waals surface area contributed by atoms with Gasteiger partial charge in [-0.25, -0.2) is 9.59 Å². The Kier molecular flexibility index (Phi) is 4.52. The zero-order valence-electron chi connectivity index (χ0n) is 10.9. The number of H-pyrrole nitrogens is 1. The van der Waals surface area contributed by atoms with Gasteiger partial charge in [-0.2, -0.15) is 0 Å². The van der Waals surface area contributed by atoms with Gasteiger partial charge >= 0.3 is 11.7 Å². The van der Waals surface area contributed by atoms with Crippen molar-refractivity contribution >= 4 is 17.6 Å². The predicted molar refractivity (Wildman–Crippen MR) is 73.5 cm³/mol. The molecule has 1 aromatic heterocycles. The molecule has 8 heteroatoms. The van der Waals surface area contributed by atoms with Gasteiger partial charge in [0.1, 0.15) is 13.2 Å². The summed E-state index contributed by atoms with van der Waals surface area (Å²) in [5.41, 5.74) is 0.918. The maximum Gasteiger partial charge on any atom is 0.330 e. The Morgan fingerprint density at radius 2 is 1.95 bits per heavy atom. The van der Waals surface area contributed by atoms with E-state index in [1.54, 1.807) is 30.5 Å². The van der Waals surface area contributed by atoms with Gasteiger partial charge in [0, 0.05) is 18.1 Å². The minimum absolute atomic E-state index is 0.256. The second-order valence-corrected chi connectivity index (χ2v) is 4.12. The summed E-state index contributed by atoms with van der Waals surface area (Å²) in [4.78, 5) is 35.7. The summed E-state index contributed by atoms with van der Waals surface area (Å²) < 4.78 is 6.08. The third kappa shape index (κ3) is 4.05. The second kappa shape index (κ2) is 6.53. The van der Waals surface area contributed by atoms with Crippen LogP contribution in [0.3, 0.4) is 0 Å². The molecule has 0 unspecified atom stereocenters. The Morgan fingerprint density at radius 3 is 2.52 bits per heavy atom. The highest BCUT2D eigenvalue weighted by molar-refractivity contribution is 5.91. The molecule has 0 aliphatic heterocycles. The number of anilines is 1. The van der Waals surface area contributed by atoms with Gasteiger partial charge in [-0.15, -0.1) is 0 Å². The topological polar surface area (TPSA) is 113 Å². The number of aromatic amines is 1. The van der Waals surface area contributed by atoms with Gasteiger partial charge in [-0.3, -0.25) is 9.36 Å². The number of carbonyl (C=O) groups excluding carboxylic acids is 1. The van der Waals surface area contributed by atoms with E-state index >= 15 is 0 Å². The van der Waals surface area contributed by atoms with Crippen LogP contribution in [-0.4, -0.2) is 39.7 Å². The quantitative estimate of drug-likeness (QED) is 0.704. The van der Waals surface area contributed by atoms with E-state index < -0.39 is 18.5 Å². The number of carboxylic acids is 1. The fourth-order valence-electron chi connectivity index (χ4n) is 1.66. The largest absolute Gasteiger partial charge is 0.480 e. The van der Waals surface area contributed by atoms with Crippen LogP contribution in [-0.2, 0) is 14.3 Å². The number of benzene rings is 1. The fraction of sp³-hybridized carbons (Fsp3) is 0.154. The first-order valence-corrected chi connectivity index (χ1v) is 6.02. The third-order valence-electron chi connectivity index (χ3n) is 2.54. The molecule has 1 heterocycles. The number of nitrogens with one attached hydrogen (secondary N) is 2. The highest BCUT2D eigenvalue weighted by Gasteiger charge is 2.05. The van der Waals surface area contributed by atoms with E-state index in [2.05, 4.69) is 15.0 Å². The van der Waals surface area contributed by atoms with Crippen LogP contribution < -0.4 is 11.0 Å². The number of hydrogen-bond donors (Lipinski definition) is 3. The van der Waals surface area contributed by atoms with E-state index in [1.807, 2.05) is 0 Å². The van der Waals surface area contributed by atoms with Crippen LogP contribution in [0.15, 0.2) is 41.5 Å². The molecule has 1 amide bonds. The number of nitrogens with zero attached hydrogens (tertiary/aromatic N) is 1. The Hall–Kier alpha value is -2.87. The smallest absolute Gasteiger partial charge is 0.330 e. The van der Waals surface area contributed by atoms with Crippen molar-refractivity contribution in [2.75, 3.05) is 18.5 Å². The Bertz CT molecular complexity index is 686. The third-order valence-corrected chi connectivity index (χ3v) is 2.54. The van der Waals surface area contributed by atoms with Crippen molar-refractivity contribution < 1.29 is 19.4 Å². The van der Waals surface area contributed by atoms with E-state index in [1.165, 1.54) is 10.8 Å². The molecule has 0 bridgehead atoms. The summed E-state index contributed by atoms with van der Waals surface area (Å²) in [6, 6.07) is 6.60. The molecular weight excluding hydrogens is 278 g/mol. The van der Waals surface area contributed by atoms with Crippen molar-refractivity contribution in [2.24, 2.45) is 0 Å². The molecule has 0 spiro atoms. The van der Waals surface area contributed by atoms with Crippen LogP contribution >= 0.6 is 0 Å². The standard InChI is InChI=1S/C13H13N3O5/c17-11(7-21-8-12(18)19)15-9-1-3-10(4-2-9)16-6-5-14-13(16)20/h1-6H,7-8H2,(H,14,20)(H,15,17)(H,18,19). The molecule has 0 fully saturated rings. The molecule has 2 rings (SSSR count). The van der Waals surface area contributed by atoms with E-state index in [0.29, 0.717) is 11.4 Å². The summed E-state index contributed by atoms with van der Waals surface area (Å²) in [5.74, 6) is -1.59. The van der Waals surface area contributed by atoms with Gasteiger partial charge in [-0.1, -0.05) is 0 Å². The fourth-order valence-corrected chi connectivity index (χ4v) is 1.66. The van der Waals surface area contributed by atoms with Crippen LogP contribution in [0.1, 0.15) is 0 Å². The van der Waals surface area contributed by atoms with Crippen LogP contribution in [0.4, 0.5) is 5.69 Å². The second-order valence-electron chi connectivity index (χ2n) is 4.12. The maximum atomic E-state index is 11.5. The SMILES string of the molecule is O=C(O)COCC(=O)Nc1ccc(-n2cc[nH]c2=O)cc1. The van der Waals surface area contributed by atoms with Crippen LogP contribution in [0.25, 0.3) is 5.69 Å². The summed E-state index contributed by atoms with van der Waals surface area (Å²) in [7, 11) is 0. The minimum atomic E-state index is -1.14. The molecule has 2 aromatic rings. The van der Waals surface area contributed by atoms with Gasteiger partial charge in [0.15, 0.2) is 0 Å². The first-order chi connectivity index (χ1) is 10.1. The molecule has 8 nitrogen and oxygen atoms in total. The normalized spacial score (nSPS) is 10.3. The average molecular weight is 291 g/mol. The van der Waals surface area contributed by atoms with Crippen LogP contribution in [0.2, 0.25) is 0 Å². The van der Waals surface area contributed by atoms with Gasteiger partial charge in [0.05, 0.1) is 5.69 Å². The number of hydrogen-bond acceptors (Lipinski definition) is 4. The van der Waals surface area contributed by atoms with Gasteiger partial charge in [0.2, 0.25) is 5.91 Å². The molecular formula is C13H13N3O5. The van der Waals surface area contributed by atoms with Crippen LogP contribution in [0.5, 0.6) is 0 Å². The molecule has 0 saturated carbocycles. The van der Waals surface area contributed by atoms with Crippen molar-refractivity contribution in [3.63, 3.8) is 0 Å². The molecule has 0 saturated heterocycles. The Balaban J connectivity index is 1.94. The molecule has 1 aromatic carbocycles. The summed E-state index contributed by atoms with van der Waals surface area (Å²) in [6.45, 7) is -0.867. The van der Waals surface area contributed by atoms with Gasteiger partial charge < -0.3 is 20.1 Å². The number of aliphatic carboxylic acids is 1. The molecule has 0 atom stereocenters. The number of amides is 1. The molecule has 0 radical (unpaired) electrons. The minimum Gasteiger partial charge on any atom is -0.480 e. The van der Waals surface area contributed by atoms with Gasteiger partial charge in [0.25, 0.3) is 0 Å². The van der Waals surface area contributed by atoms with E-state index in [9.17, 15) is 14.4 Å². The van der Waals surface area contributed by atoms with E-state index in [0.717, 1.165) is 0 Å². The average Bonchev–Trinajstić information content (AvgIpc) is 2.85. The number of aromatic nitrogens is 2. The molecule has 21 heavy (non-hydrogen) atoms. The lowest BCUT2D eigenvalue weighted by Crippen LogP contribution is -2.20. The number of carbonyl (C=O) groups is 2. The zero-order chi connectivity index (χ0) is 15.2. The Morgan fingerprint density at radius 1 is 1.24 bits per heavy atom. The summed E-state index contributed by atoms with van der Waals surface area (Å²) in [5, 5.41) is 10.9. The van der Waals surface area contributed by atoms with Crippen LogP contribution in [0, 0.1) is 0 Å². The van der Waals surface area contributed by atoms with Crippen molar-refractivity contribution in [3.8, 4) is 5.69 Å². The maximum absolute atomic E-state index is 11.5. The number of imidazole rings is 1. The molecule has 0 aliphatic rings. The number of ether oxygens (including phenoxy) is 1. The lowest BCUT2D eigenvalue weighted by Gasteiger charge is -2.06. The molecule has 3 N–H and O–H groups in total. The molecule has 110 valence electrons. The first kappa shape index (κ1) is 14.5. The predicted octanol–water partition coefficient (Wildman–Crippen LogP) is 0.205. The Labute approximate surface area is 119 Å². The summed E-state index contributed by atoms with van der Waals surface area (Å²) in [6.07, 6.45) is 3.12. The van der Waals surface area contributed by atoms with Crippen molar-refractivity contribution in [3.05, 3.63) is 47.1 Å². The monoisotopic (exact) mass is 291 g/mol. The number of rotatable bonds is 6. The van der Waals surface area contributed by atoms with Crippen molar-refractivity contribution in [1.29, 1.82) is 0 Å².